The van der Waals surface area contributed by atoms with E-state index < -0.39 is 6.04 Å². The first-order valence-electron chi connectivity index (χ1n) is 12.1. The second-order valence-corrected chi connectivity index (χ2v) is 8.93. The Morgan fingerprint density at radius 1 is 1.03 bits per heavy atom. The van der Waals surface area contributed by atoms with Gasteiger partial charge in [-0.25, -0.2) is 9.78 Å². The Kier molecular flexibility index (Phi) is 7.30. The lowest BCUT2D eigenvalue weighted by Gasteiger charge is -2.31. The van der Waals surface area contributed by atoms with Crippen LogP contribution in [-0.2, 0) is 0 Å². The average Bonchev–Trinajstić information content (AvgIpc) is 2.85. The predicted octanol–water partition coefficient (Wildman–Crippen LogP) is 6.40. The van der Waals surface area contributed by atoms with E-state index in [-0.39, 0.29) is 11.6 Å². The van der Waals surface area contributed by atoms with Crippen LogP contribution in [0.4, 0.5) is 10.5 Å². The van der Waals surface area contributed by atoms with Gasteiger partial charge in [0.2, 0.25) is 0 Å². The number of rotatable bonds is 7. The van der Waals surface area contributed by atoms with Crippen molar-refractivity contribution in [3.05, 3.63) is 100 Å². The third-order valence-corrected chi connectivity index (χ3v) is 6.30. The highest BCUT2D eigenvalue weighted by Crippen LogP contribution is 2.25. The van der Waals surface area contributed by atoms with Gasteiger partial charge in [0.15, 0.2) is 0 Å². The minimum atomic E-state index is -0.441. The van der Waals surface area contributed by atoms with E-state index in [1.807, 2.05) is 87.5 Å². The Balaban J connectivity index is 1.84. The summed E-state index contributed by atoms with van der Waals surface area (Å²) >= 11 is 0. The molecule has 0 fully saturated rings. The second-order valence-electron chi connectivity index (χ2n) is 8.93. The largest absolute Gasteiger partial charge is 0.322 e. The molecular weight excluding hydrogens is 436 g/mol. The minimum absolute atomic E-state index is 0.141. The Labute approximate surface area is 206 Å². The van der Waals surface area contributed by atoms with Gasteiger partial charge >= 0.3 is 6.03 Å². The summed E-state index contributed by atoms with van der Waals surface area (Å²) in [6, 6.07) is 22.2. The van der Waals surface area contributed by atoms with Crippen LogP contribution < -0.4 is 10.9 Å². The standard InChI is InChI=1S/C29H32N4O2/c1-5-6-18-32(29(35)31-25-16-9-7-13-21(25)3)22(4)27-30-26-17-10-8-15-24(26)28(34)33(27)23-14-11-12-20(2)19-23/h7-17,19,22H,5-6,18H2,1-4H3,(H,31,35). The molecule has 1 atom stereocenters. The van der Waals surface area contributed by atoms with Gasteiger partial charge in [-0.05, 0) is 68.7 Å². The fraction of sp³-hybridized carbons (Fsp3) is 0.276. The maximum absolute atomic E-state index is 13.7. The van der Waals surface area contributed by atoms with Crippen molar-refractivity contribution < 1.29 is 4.79 Å². The lowest BCUT2D eigenvalue weighted by Crippen LogP contribution is -2.40. The molecule has 0 aliphatic carbocycles. The lowest BCUT2D eigenvalue weighted by atomic mass is 10.1. The smallest absolute Gasteiger partial charge is 0.315 e. The Hall–Kier alpha value is -3.93. The number of hydrogen-bond donors (Lipinski definition) is 1. The zero-order valence-corrected chi connectivity index (χ0v) is 20.8. The molecule has 3 aromatic carbocycles. The molecule has 0 saturated heterocycles. The number of aryl methyl sites for hydroxylation is 2. The summed E-state index contributed by atoms with van der Waals surface area (Å²) in [5.74, 6) is 0.537. The first-order valence-corrected chi connectivity index (χ1v) is 12.1. The molecule has 1 unspecified atom stereocenters. The number of para-hydroxylation sites is 2. The number of aromatic nitrogens is 2. The van der Waals surface area contributed by atoms with Crippen molar-refractivity contribution >= 4 is 22.6 Å². The van der Waals surface area contributed by atoms with E-state index >= 15 is 0 Å². The van der Waals surface area contributed by atoms with Crippen LogP contribution in [0.25, 0.3) is 16.6 Å². The zero-order chi connectivity index (χ0) is 24.9. The molecule has 0 aliphatic rings. The molecule has 1 N–H and O–H groups in total. The van der Waals surface area contributed by atoms with Gasteiger partial charge in [-0.2, -0.15) is 0 Å². The minimum Gasteiger partial charge on any atom is -0.315 e. The average molecular weight is 469 g/mol. The molecule has 2 amide bonds. The molecule has 6 heteroatoms. The quantitative estimate of drug-likeness (QED) is 0.341. The normalized spacial score (nSPS) is 11.9. The maximum Gasteiger partial charge on any atom is 0.322 e. The molecule has 1 aromatic heterocycles. The maximum atomic E-state index is 13.7. The van der Waals surface area contributed by atoms with Gasteiger partial charge in [0.05, 0.1) is 22.6 Å². The summed E-state index contributed by atoms with van der Waals surface area (Å²) in [4.78, 5) is 33.9. The van der Waals surface area contributed by atoms with Crippen LogP contribution >= 0.6 is 0 Å². The number of unbranched alkanes of at least 4 members (excludes halogenated alkanes) is 1. The van der Waals surface area contributed by atoms with E-state index in [1.165, 1.54) is 0 Å². The molecule has 0 radical (unpaired) electrons. The Bertz CT molecular complexity index is 1410. The zero-order valence-electron chi connectivity index (χ0n) is 20.8. The van der Waals surface area contributed by atoms with E-state index in [0.717, 1.165) is 35.3 Å². The van der Waals surface area contributed by atoms with Crippen molar-refractivity contribution in [2.75, 3.05) is 11.9 Å². The molecular formula is C29H32N4O2. The summed E-state index contributed by atoms with van der Waals surface area (Å²) < 4.78 is 1.65. The van der Waals surface area contributed by atoms with Gasteiger partial charge < -0.3 is 10.2 Å². The van der Waals surface area contributed by atoms with Crippen molar-refractivity contribution in [2.24, 2.45) is 0 Å². The predicted molar refractivity (Wildman–Crippen MR) is 142 cm³/mol. The van der Waals surface area contributed by atoms with E-state index in [1.54, 1.807) is 15.5 Å². The van der Waals surface area contributed by atoms with Crippen LogP contribution in [0.3, 0.4) is 0 Å². The molecule has 0 saturated carbocycles. The van der Waals surface area contributed by atoms with Crippen LogP contribution in [0.1, 0.15) is 49.7 Å². The van der Waals surface area contributed by atoms with Gasteiger partial charge in [0.25, 0.3) is 5.56 Å². The van der Waals surface area contributed by atoms with Crippen molar-refractivity contribution in [3.8, 4) is 5.69 Å². The van der Waals surface area contributed by atoms with Gasteiger partial charge in [-0.3, -0.25) is 9.36 Å². The number of amides is 2. The molecule has 4 aromatic rings. The number of hydrogen-bond acceptors (Lipinski definition) is 3. The number of anilines is 1. The number of carbonyl (C=O) groups excluding carboxylic acids is 1. The van der Waals surface area contributed by atoms with E-state index in [2.05, 4.69) is 12.2 Å². The van der Waals surface area contributed by atoms with Crippen molar-refractivity contribution in [3.63, 3.8) is 0 Å². The lowest BCUT2D eigenvalue weighted by molar-refractivity contribution is 0.188. The van der Waals surface area contributed by atoms with Gasteiger partial charge in [-0.15, -0.1) is 0 Å². The molecule has 6 nitrogen and oxygen atoms in total. The third-order valence-electron chi connectivity index (χ3n) is 6.30. The van der Waals surface area contributed by atoms with Crippen LogP contribution in [0.15, 0.2) is 77.6 Å². The highest BCUT2D eigenvalue weighted by Gasteiger charge is 2.27. The molecule has 0 bridgehead atoms. The van der Waals surface area contributed by atoms with Crippen LogP contribution in [0, 0.1) is 13.8 Å². The van der Waals surface area contributed by atoms with Crippen LogP contribution in [-0.4, -0.2) is 27.0 Å². The topological polar surface area (TPSA) is 67.2 Å². The Morgan fingerprint density at radius 2 is 1.77 bits per heavy atom. The number of carbonyl (C=O) groups is 1. The van der Waals surface area contributed by atoms with Crippen molar-refractivity contribution in [1.82, 2.24) is 14.5 Å². The summed E-state index contributed by atoms with van der Waals surface area (Å²) in [7, 11) is 0. The number of nitrogens with zero attached hydrogens (tertiary/aromatic N) is 3. The molecule has 1 heterocycles. The molecule has 4 rings (SSSR count). The van der Waals surface area contributed by atoms with Crippen LogP contribution in [0.5, 0.6) is 0 Å². The number of urea groups is 1. The monoisotopic (exact) mass is 468 g/mol. The first kappa shape index (κ1) is 24.2. The van der Waals surface area contributed by atoms with Gasteiger partial charge in [-0.1, -0.05) is 55.8 Å². The first-order chi connectivity index (χ1) is 16.9. The van der Waals surface area contributed by atoms with E-state index in [9.17, 15) is 9.59 Å². The Morgan fingerprint density at radius 3 is 2.51 bits per heavy atom. The summed E-state index contributed by atoms with van der Waals surface area (Å²) in [6.07, 6.45) is 1.78. The third kappa shape index (κ3) is 5.11. The molecule has 35 heavy (non-hydrogen) atoms. The molecule has 0 spiro atoms. The summed E-state index contributed by atoms with van der Waals surface area (Å²) in [5.41, 5.74) is 4.03. The SMILES string of the molecule is CCCCN(C(=O)Nc1ccccc1C)C(C)c1nc2ccccc2c(=O)n1-c1cccc(C)c1. The second kappa shape index (κ2) is 10.6. The van der Waals surface area contributed by atoms with Crippen molar-refractivity contribution in [1.29, 1.82) is 0 Å². The van der Waals surface area contributed by atoms with Gasteiger partial charge in [0.1, 0.15) is 5.82 Å². The fourth-order valence-electron chi connectivity index (χ4n) is 4.29. The number of benzene rings is 3. The molecule has 180 valence electrons. The number of nitrogens with one attached hydrogen (secondary N) is 1. The van der Waals surface area contributed by atoms with Gasteiger partial charge in [0, 0.05) is 12.2 Å². The summed E-state index contributed by atoms with van der Waals surface area (Å²) in [6.45, 7) is 8.55. The van der Waals surface area contributed by atoms with Crippen molar-refractivity contribution in [2.45, 2.75) is 46.6 Å². The summed E-state index contributed by atoms with van der Waals surface area (Å²) in [5, 5.41) is 3.61. The highest BCUT2D eigenvalue weighted by molar-refractivity contribution is 5.90. The van der Waals surface area contributed by atoms with E-state index in [4.69, 9.17) is 4.98 Å². The number of fused-ring (bicyclic) bond motifs is 1. The fourth-order valence-corrected chi connectivity index (χ4v) is 4.29. The van der Waals surface area contributed by atoms with E-state index in [0.29, 0.717) is 23.3 Å². The molecule has 0 aliphatic heterocycles. The highest BCUT2D eigenvalue weighted by atomic mass is 16.2. The van der Waals surface area contributed by atoms with Crippen LogP contribution in [0.2, 0.25) is 0 Å².